The SMILES string of the molecule is O=C(COC(=O)C1C2CCC1(c1cccnc1)C2)c1cccs1. The second-order valence-corrected chi connectivity index (χ2v) is 7.33. The number of fused-ring (bicyclic) bond motifs is 1. The van der Waals surface area contributed by atoms with Crippen LogP contribution < -0.4 is 0 Å². The summed E-state index contributed by atoms with van der Waals surface area (Å²) in [7, 11) is 0. The van der Waals surface area contributed by atoms with Gasteiger partial charge in [0.05, 0.1) is 10.8 Å². The summed E-state index contributed by atoms with van der Waals surface area (Å²) in [6.07, 6.45) is 6.68. The summed E-state index contributed by atoms with van der Waals surface area (Å²) >= 11 is 1.37. The molecule has 0 saturated heterocycles. The van der Waals surface area contributed by atoms with Crippen LogP contribution in [0, 0.1) is 11.8 Å². The van der Waals surface area contributed by atoms with Crippen molar-refractivity contribution in [3.63, 3.8) is 0 Å². The quantitative estimate of drug-likeness (QED) is 0.625. The average molecular weight is 327 g/mol. The minimum absolute atomic E-state index is 0.122. The number of rotatable bonds is 5. The Bertz CT molecular complexity index is 724. The zero-order chi connectivity index (χ0) is 15.9. The van der Waals surface area contributed by atoms with Crippen LogP contribution in [-0.4, -0.2) is 23.3 Å². The van der Waals surface area contributed by atoms with E-state index in [0.717, 1.165) is 24.8 Å². The number of nitrogens with zero attached hydrogens (tertiary/aromatic N) is 1. The van der Waals surface area contributed by atoms with Crippen molar-refractivity contribution in [1.82, 2.24) is 4.98 Å². The van der Waals surface area contributed by atoms with Crippen LogP contribution in [0.15, 0.2) is 42.0 Å². The summed E-state index contributed by atoms with van der Waals surface area (Å²) in [6, 6.07) is 7.54. The highest BCUT2D eigenvalue weighted by atomic mass is 32.1. The van der Waals surface area contributed by atoms with Gasteiger partial charge in [0, 0.05) is 17.8 Å². The largest absolute Gasteiger partial charge is 0.457 e. The fourth-order valence-corrected chi connectivity index (χ4v) is 4.88. The van der Waals surface area contributed by atoms with E-state index in [1.165, 1.54) is 11.3 Å². The van der Waals surface area contributed by atoms with E-state index < -0.39 is 0 Å². The topological polar surface area (TPSA) is 56.3 Å². The minimum atomic E-state index is -0.229. The molecule has 23 heavy (non-hydrogen) atoms. The lowest BCUT2D eigenvalue weighted by Crippen LogP contribution is -2.49. The van der Waals surface area contributed by atoms with Crippen molar-refractivity contribution in [2.75, 3.05) is 6.61 Å². The van der Waals surface area contributed by atoms with Crippen molar-refractivity contribution in [3.8, 4) is 0 Å². The van der Waals surface area contributed by atoms with Gasteiger partial charge in [-0.1, -0.05) is 12.1 Å². The highest BCUT2D eigenvalue weighted by Crippen LogP contribution is 2.64. The van der Waals surface area contributed by atoms with Crippen LogP contribution in [-0.2, 0) is 14.9 Å². The van der Waals surface area contributed by atoms with Crippen molar-refractivity contribution >= 4 is 23.1 Å². The van der Waals surface area contributed by atoms with Crippen LogP contribution in [0.4, 0.5) is 0 Å². The number of hydrogen-bond acceptors (Lipinski definition) is 5. The van der Waals surface area contributed by atoms with Crippen LogP contribution in [0.3, 0.4) is 0 Å². The van der Waals surface area contributed by atoms with Crippen molar-refractivity contribution in [2.45, 2.75) is 24.7 Å². The number of carbonyl (C=O) groups is 2. The number of thiophene rings is 1. The van der Waals surface area contributed by atoms with Crippen molar-refractivity contribution < 1.29 is 14.3 Å². The van der Waals surface area contributed by atoms with Gasteiger partial charge < -0.3 is 4.74 Å². The molecular formula is C18H17NO3S. The number of ether oxygens (including phenoxy) is 1. The molecule has 2 heterocycles. The Morgan fingerprint density at radius 2 is 2.26 bits per heavy atom. The lowest BCUT2D eigenvalue weighted by molar-refractivity contribution is -0.156. The van der Waals surface area contributed by atoms with Gasteiger partial charge in [0.2, 0.25) is 5.78 Å². The Hall–Kier alpha value is -2.01. The van der Waals surface area contributed by atoms with Gasteiger partial charge >= 0.3 is 5.97 Å². The van der Waals surface area contributed by atoms with Gasteiger partial charge in [-0.25, -0.2) is 0 Å². The Kier molecular flexibility index (Phi) is 3.53. The number of ketones is 1. The molecule has 3 aliphatic rings. The molecule has 3 saturated carbocycles. The van der Waals surface area contributed by atoms with Crippen molar-refractivity contribution in [2.24, 2.45) is 11.8 Å². The first-order chi connectivity index (χ1) is 11.2. The first-order valence-electron chi connectivity index (χ1n) is 7.84. The van der Waals surface area contributed by atoms with Crippen LogP contribution >= 0.6 is 11.3 Å². The molecule has 5 heteroatoms. The monoisotopic (exact) mass is 327 g/mol. The lowest BCUT2D eigenvalue weighted by atomic mass is 9.57. The summed E-state index contributed by atoms with van der Waals surface area (Å²) in [5.74, 6) is -0.0923. The molecule has 3 fully saturated rings. The second kappa shape index (κ2) is 5.57. The van der Waals surface area contributed by atoms with Gasteiger partial charge in [-0.3, -0.25) is 14.6 Å². The molecule has 4 nitrogen and oxygen atoms in total. The van der Waals surface area contributed by atoms with Gasteiger partial charge in [0.1, 0.15) is 0 Å². The van der Waals surface area contributed by atoms with Gasteiger partial charge in [-0.05, 0) is 48.3 Å². The van der Waals surface area contributed by atoms with E-state index in [-0.39, 0.29) is 29.7 Å². The third kappa shape index (κ3) is 2.30. The zero-order valence-electron chi connectivity index (χ0n) is 12.6. The normalized spacial score (nSPS) is 28.2. The summed E-state index contributed by atoms with van der Waals surface area (Å²) in [4.78, 5) is 29.4. The summed E-state index contributed by atoms with van der Waals surface area (Å²) < 4.78 is 5.36. The maximum atomic E-state index is 12.5. The molecule has 0 radical (unpaired) electrons. The van der Waals surface area contributed by atoms with Gasteiger partial charge in [0.25, 0.3) is 0 Å². The fraction of sp³-hybridized carbons (Fsp3) is 0.389. The molecule has 0 spiro atoms. The maximum Gasteiger partial charge on any atom is 0.310 e. The molecule has 3 unspecified atom stereocenters. The molecule has 0 amide bonds. The van der Waals surface area contributed by atoms with Crippen LogP contribution in [0.2, 0.25) is 0 Å². The molecule has 0 aliphatic heterocycles. The van der Waals surface area contributed by atoms with Crippen LogP contribution in [0.25, 0.3) is 0 Å². The van der Waals surface area contributed by atoms with Crippen LogP contribution in [0.1, 0.15) is 34.5 Å². The number of Topliss-reactive ketones (excluding diaryl/α,β-unsaturated/α-hetero) is 1. The molecule has 2 aromatic heterocycles. The maximum absolute atomic E-state index is 12.5. The van der Waals surface area contributed by atoms with Gasteiger partial charge in [-0.2, -0.15) is 0 Å². The minimum Gasteiger partial charge on any atom is -0.457 e. The summed E-state index contributed by atoms with van der Waals surface area (Å²) in [5, 5.41) is 1.85. The molecule has 0 N–H and O–H groups in total. The average Bonchev–Trinajstić information content (AvgIpc) is 3.28. The number of esters is 1. The predicted molar refractivity (Wildman–Crippen MR) is 86.4 cm³/mol. The lowest BCUT2D eigenvalue weighted by Gasteiger charge is -2.46. The summed E-state index contributed by atoms with van der Waals surface area (Å²) in [5.41, 5.74) is 1.00. The number of hydrogen-bond donors (Lipinski definition) is 0. The van der Waals surface area contributed by atoms with E-state index in [1.807, 2.05) is 29.8 Å². The van der Waals surface area contributed by atoms with E-state index in [4.69, 9.17) is 4.74 Å². The van der Waals surface area contributed by atoms with E-state index in [0.29, 0.717) is 10.8 Å². The van der Waals surface area contributed by atoms with E-state index >= 15 is 0 Å². The zero-order valence-corrected chi connectivity index (χ0v) is 13.4. The van der Waals surface area contributed by atoms with Gasteiger partial charge in [-0.15, -0.1) is 11.3 Å². The molecule has 118 valence electrons. The standard InChI is InChI=1S/C18H17NO3S/c20-14(15-4-2-8-23-15)11-22-17(21)16-12-5-6-18(16,9-12)13-3-1-7-19-10-13/h1-4,7-8,10,12,16H,5-6,9,11H2. The Balaban J connectivity index is 1.46. The third-order valence-electron chi connectivity index (χ3n) is 5.29. The molecular weight excluding hydrogens is 310 g/mol. The number of aromatic nitrogens is 1. The first kappa shape index (κ1) is 14.6. The van der Waals surface area contributed by atoms with E-state index in [9.17, 15) is 9.59 Å². The van der Waals surface area contributed by atoms with Crippen LogP contribution in [0.5, 0.6) is 0 Å². The first-order valence-corrected chi connectivity index (χ1v) is 8.72. The Morgan fingerprint density at radius 3 is 2.96 bits per heavy atom. The second-order valence-electron chi connectivity index (χ2n) is 6.39. The fourth-order valence-electron chi connectivity index (χ4n) is 4.22. The Labute approximate surface area is 138 Å². The molecule has 3 atom stereocenters. The molecule has 5 rings (SSSR count). The predicted octanol–water partition coefficient (Wildman–Crippen LogP) is 3.24. The molecule has 0 aromatic carbocycles. The molecule has 2 aromatic rings. The highest BCUT2D eigenvalue weighted by Gasteiger charge is 2.63. The van der Waals surface area contributed by atoms with E-state index in [1.54, 1.807) is 12.3 Å². The molecule has 2 bridgehead atoms. The Morgan fingerprint density at radius 1 is 1.35 bits per heavy atom. The number of carbonyl (C=O) groups excluding carboxylic acids is 2. The smallest absolute Gasteiger partial charge is 0.310 e. The van der Waals surface area contributed by atoms with Crippen molar-refractivity contribution in [3.05, 3.63) is 52.5 Å². The third-order valence-corrected chi connectivity index (χ3v) is 6.20. The van der Waals surface area contributed by atoms with Gasteiger partial charge in [0.15, 0.2) is 6.61 Å². The highest BCUT2D eigenvalue weighted by molar-refractivity contribution is 7.12. The van der Waals surface area contributed by atoms with E-state index in [2.05, 4.69) is 4.98 Å². The summed E-state index contributed by atoms with van der Waals surface area (Å²) in [6.45, 7) is -0.161. The van der Waals surface area contributed by atoms with Crippen molar-refractivity contribution in [1.29, 1.82) is 0 Å². The number of pyridine rings is 1. The molecule has 3 aliphatic carbocycles.